The van der Waals surface area contributed by atoms with Crippen LogP contribution in [0.5, 0.6) is 11.5 Å². The molecule has 1 aliphatic carbocycles. The Hall–Kier alpha value is -1.26. The lowest BCUT2D eigenvalue weighted by atomic mass is 10.1. The predicted molar refractivity (Wildman–Crippen MR) is 77.0 cm³/mol. The van der Waals surface area contributed by atoms with E-state index in [0.29, 0.717) is 12.6 Å². The first-order valence-electron chi connectivity index (χ1n) is 7.45. The summed E-state index contributed by atoms with van der Waals surface area (Å²) in [5.74, 6) is 2.33. The Morgan fingerprint density at radius 3 is 2.70 bits per heavy atom. The molecule has 2 aliphatic rings. The Morgan fingerprint density at radius 2 is 2.00 bits per heavy atom. The maximum Gasteiger partial charge on any atom is 0.231 e. The summed E-state index contributed by atoms with van der Waals surface area (Å²) in [5, 5.41) is 10.5. The van der Waals surface area contributed by atoms with Gasteiger partial charge in [0, 0.05) is 19.1 Å². The standard InChI is InChI=1S/C16H23NO3/c1-11(2)17(8-12-3-4-12)9-14(18)13-5-6-15-16(7-13)20-10-19-15/h5-7,11-12,14,18H,3-4,8-10H2,1-2H3. The number of hydrogen-bond acceptors (Lipinski definition) is 4. The van der Waals surface area contributed by atoms with Crippen molar-refractivity contribution in [1.82, 2.24) is 4.90 Å². The highest BCUT2D eigenvalue weighted by Crippen LogP contribution is 2.35. The maximum atomic E-state index is 10.5. The van der Waals surface area contributed by atoms with Crippen molar-refractivity contribution >= 4 is 0 Å². The summed E-state index contributed by atoms with van der Waals surface area (Å²) < 4.78 is 10.7. The van der Waals surface area contributed by atoms with E-state index in [0.717, 1.165) is 29.5 Å². The molecule has 0 amide bonds. The van der Waals surface area contributed by atoms with Gasteiger partial charge in [0.25, 0.3) is 0 Å². The van der Waals surface area contributed by atoms with Gasteiger partial charge in [-0.2, -0.15) is 0 Å². The van der Waals surface area contributed by atoms with Crippen LogP contribution in [0.3, 0.4) is 0 Å². The number of benzene rings is 1. The van der Waals surface area contributed by atoms with Crippen LogP contribution >= 0.6 is 0 Å². The molecule has 0 spiro atoms. The van der Waals surface area contributed by atoms with Crippen molar-refractivity contribution < 1.29 is 14.6 Å². The summed E-state index contributed by atoms with van der Waals surface area (Å²) in [5.41, 5.74) is 0.899. The first-order valence-corrected chi connectivity index (χ1v) is 7.45. The third-order valence-corrected chi connectivity index (χ3v) is 4.11. The van der Waals surface area contributed by atoms with E-state index in [1.54, 1.807) is 0 Å². The van der Waals surface area contributed by atoms with Gasteiger partial charge in [0.05, 0.1) is 6.10 Å². The molecule has 1 unspecified atom stereocenters. The lowest BCUT2D eigenvalue weighted by Crippen LogP contribution is -2.36. The Bertz CT molecular complexity index is 471. The molecule has 4 nitrogen and oxygen atoms in total. The van der Waals surface area contributed by atoms with Gasteiger partial charge < -0.3 is 14.6 Å². The third-order valence-electron chi connectivity index (χ3n) is 4.11. The average Bonchev–Trinajstić information content (AvgIpc) is 3.12. The van der Waals surface area contributed by atoms with Crippen LogP contribution in [0.1, 0.15) is 38.4 Å². The molecule has 4 heteroatoms. The Balaban J connectivity index is 1.66. The minimum absolute atomic E-state index is 0.273. The summed E-state index contributed by atoms with van der Waals surface area (Å²) in [7, 11) is 0. The Labute approximate surface area is 120 Å². The number of fused-ring (bicyclic) bond motifs is 1. The molecule has 1 fully saturated rings. The van der Waals surface area contributed by atoms with Gasteiger partial charge in [-0.15, -0.1) is 0 Å². The Kier molecular flexibility index (Phi) is 3.85. The smallest absolute Gasteiger partial charge is 0.231 e. The summed E-state index contributed by atoms with van der Waals surface area (Å²) >= 11 is 0. The highest BCUT2D eigenvalue weighted by atomic mass is 16.7. The highest BCUT2D eigenvalue weighted by Gasteiger charge is 2.27. The first kappa shape index (κ1) is 13.7. The fraction of sp³-hybridized carbons (Fsp3) is 0.625. The van der Waals surface area contributed by atoms with Crippen LogP contribution in [-0.4, -0.2) is 35.9 Å². The molecule has 1 aliphatic heterocycles. The summed E-state index contributed by atoms with van der Waals surface area (Å²) in [6.45, 7) is 6.42. The number of ether oxygens (including phenoxy) is 2. The number of nitrogens with zero attached hydrogens (tertiary/aromatic N) is 1. The van der Waals surface area contributed by atoms with Crippen LogP contribution in [0, 0.1) is 5.92 Å². The van der Waals surface area contributed by atoms with Crippen molar-refractivity contribution in [2.24, 2.45) is 5.92 Å². The molecule has 0 aromatic heterocycles. The number of rotatable bonds is 6. The lowest BCUT2D eigenvalue weighted by molar-refractivity contribution is 0.0922. The van der Waals surface area contributed by atoms with E-state index in [9.17, 15) is 5.11 Å². The van der Waals surface area contributed by atoms with Gasteiger partial charge in [0.15, 0.2) is 11.5 Å². The highest BCUT2D eigenvalue weighted by molar-refractivity contribution is 5.45. The monoisotopic (exact) mass is 277 g/mol. The normalized spacial score (nSPS) is 18.9. The van der Waals surface area contributed by atoms with Gasteiger partial charge in [-0.1, -0.05) is 6.07 Å². The van der Waals surface area contributed by atoms with Gasteiger partial charge >= 0.3 is 0 Å². The zero-order valence-electron chi connectivity index (χ0n) is 12.2. The van der Waals surface area contributed by atoms with E-state index in [4.69, 9.17) is 9.47 Å². The fourth-order valence-electron chi connectivity index (χ4n) is 2.58. The van der Waals surface area contributed by atoms with Crippen LogP contribution in [0.15, 0.2) is 18.2 Å². The van der Waals surface area contributed by atoms with Crippen LogP contribution in [0.4, 0.5) is 0 Å². The van der Waals surface area contributed by atoms with Crippen LogP contribution in [0.2, 0.25) is 0 Å². The molecule has 110 valence electrons. The second kappa shape index (κ2) is 5.62. The van der Waals surface area contributed by atoms with E-state index in [1.165, 1.54) is 12.8 Å². The predicted octanol–water partition coefficient (Wildman–Crippen LogP) is 2.57. The van der Waals surface area contributed by atoms with Crippen molar-refractivity contribution in [3.8, 4) is 11.5 Å². The van der Waals surface area contributed by atoms with E-state index >= 15 is 0 Å². The number of hydrogen-bond donors (Lipinski definition) is 1. The van der Waals surface area contributed by atoms with Gasteiger partial charge in [-0.3, -0.25) is 4.90 Å². The molecular weight excluding hydrogens is 254 g/mol. The van der Waals surface area contributed by atoms with Crippen LogP contribution in [-0.2, 0) is 0 Å². The largest absolute Gasteiger partial charge is 0.454 e. The summed E-state index contributed by atoms with van der Waals surface area (Å²) in [6, 6.07) is 6.15. The molecule has 0 radical (unpaired) electrons. The number of aliphatic hydroxyl groups is 1. The molecule has 1 saturated carbocycles. The molecule has 1 N–H and O–H groups in total. The second-order valence-corrected chi connectivity index (χ2v) is 6.12. The first-order chi connectivity index (χ1) is 9.63. The van der Waals surface area contributed by atoms with Crippen LogP contribution < -0.4 is 9.47 Å². The molecule has 0 bridgehead atoms. The SMILES string of the molecule is CC(C)N(CC1CC1)CC(O)c1ccc2c(c1)OCO2. The van der Waals surface area contributed by atoms with Crippen molar-refractivity contribution in [2.75, 3.05) is 19.9 Å². The van der Waals surface area contributed by atoms with E-state index in [1.807, 2.05) is 18.2 Å². The molecular formula is C16H23NO3. The van der Waals surface area contributed by atoms with Gasteiger partial charge in [0.2, 0.25) is 6.79 Å². The zero-order valence-corrected chi connectivity index (χ0v) is 12.2. The van der Waals surface area contributed by atoms with E-state index < -0.39 is 6.10 Å². The molecule has 1 atom stereocenters. The molecule has 20 heavy (non-hydrogen) atoms. The maximum absolute atomic E-state index is 10.5. The van der Waals surface area contributed by atoms with Crippen molar-refractivity contribution in [2.45, 2.75) is 38.8 Å². The molecule has 3 rings (SSSR count). The Morgan fingerprint density at radius 1 is 1.25 bits per heavy atom. The van der Waals surface area contributed by atoms with Crippen molar-refractivity contribution in [3.05, 3.63) is 23.8 Å². The van der Waals surface area contributed by atoms with Gasteiger partial charge in [0.1, 0.15) is 0 Å². The third kappa shape index (κ3) is 3.07. The minimum atomic E-state index is -0.481. The molecule has 0 saturated heterocycles. The fourth-order valence-corrected chi connectivity index (χ4v) is 2.58. The van der Waals surface area contributed by atoms with E-state index in [-0.39, 0.29) is 6.79 Å². The van der Waals surface area contributed by atoms with Crippen LogP contribution in [0.25, 0.3) is 0 Å². The molecule has 1 aromatic rings. The summed E-state index contributed by atoms with van der Waals surface area (Å²) in [4.78, 5) is 2.37. The summed E-state index contributed by atoms with van der Waals surface area (Å²) in [6.07, 6.45) is 2.19. The quantitative estimate of drug-likeness (QED) is 0.868. The van der Waals surface area contributed by atoms with Gasteiger partial charge in [-0.25, -0.2) is 0 Å². The second-order valence-electron chi connectivity index (χ2n) is 6.12. The molecule has 1 heterocycles. The average molecular weight is 277 g/mol. The topological polar surface area (TPSA) is 41.9 Å². The zero-order chi connectivity index (χ0) is 14.1. The van der Waals surface area contributed by atoms with Crippen molar-refractivity contribution in [3.63, 3.8) is 0 Å². The van der Waals surface area contributed by atoms with Crippen molar-refractivity contribution in [1.29, 1.82) is 0 Å². The van der Waals surface area contributed by atoms with Gasteiger partial charge in [-0.05, 0) is 50.3 Å². The number of aliphatic hydroxyl groups excluding tert-OH is 1. The lowest BCUT2D eigenvalue weighted by Gasteiger charge is -2.29. The van der Waals surface area contributed by atoms with E-state index in [2.05, 4.69) is 18.7 Å². The molecule has 1 aromatic carbocycles. The minimum Gasteiger partial charge on any atom is -0.454 e.